The maximum absolute atomic E-state index is 13.8. The largest absolute Gasteiger partial charge is 0.491 e. The molecule has 0 heterocycles. The van der Waals surface area contributed by atoms with Crippen LogP contribution in [0, 0.1) is 29.0 Å². The highest BCUT2D eigenvalue weighted by Gasteiger charge is 2.24. The summed E-state index contributed by atoms with van der Waals surface area (Å²) in [5.41, 5.74) is 0.331. The minimum atomic E-state index is -0.439. The second-order valence-electron chi connectivity index (χ2n) is 7.40. The van der Waals surface area contributed by atoms with Crippen molar-refractivity contribution in [2.45, 2.75) is 77.6 Å². The fourth-order valence-electron chi connectivity index (χ4n) is 4.09. The molecule has 1 aromatic rings. The van der Waals surface area contributed by atoms with Gasteiger partial charge in [-0.1, -0.05) is 64.7 Å². The summed E-state index contributed by atoms with van der Waals surface area (Å²) in [7, 11) is 0. The Labute approximate surface area is 152 Å². The Morgan fingerprint density at radius 2 is 1.80 bits per heavy atom. The number of halogens is 1. The molecule has 2 atom stereocenters. The van der Waals surface area contributed by atoms with Crippen LogP contribution in [0.25, 0.3) is 0 Å². The van der Waals surface area contributed by atoms with Gasteiger partial charge < -0.3 is 4.74 Å². The van der Waals surface area contributed by atoms with Crippen LogP contribution in [-0.2, 0) is 0 Å². The van der Waals surface area contributed by atoms with Gasteiger partial charge in [-0.3, -0.25) is 0 Å². The number of benzene rings is 1. The number of unbranched alkanes of at least 4 members (excludes halogenated alkanes) is 3. The highest BCUT2D eigenvalue weighted by molar-refractivity contribution is 5.35. The Kier molecular flexibility index (Phi) is 8.80. The molecule has 0 amide bonds. The fraction of sp³-hybridized carbons (Fsp3) is 0.682. The average Bonchev–Trinajstić information content (AvgIpc) is 2.64. The van der Waals surface area contributed by atoms with Crippen molar-refractivity contribution in [3.05, 3.63) is 29.6 Å². The Morgan fingerprint density at radius 1 is 1.08 bits per heavy atom. The SMILES string of the molecule is CCCCCCC1CCCCC1CCCOc1ccc(C#N)cc1F. The summed E-state index contributed by atoms with van der Waals surface area (Å²) < 4.78 is 19.4. The van der Waals surface area contributed by atoms with Crippen LogP contribution < -0.4 is 4.74 Å². The Hall–Kier alpha value is -1.56. The summed E-state index contributed by atoms with van der Waals surface area (Å²) in [6.45, 7) is 2.82. The molecule has 1 saturated carbocycles. The van der Waals surface area contributed by atoms with Gasteiger partial charge in [-0.25, -0.2) is 4.39 Å². The smallest absolute Gasteiger partial charge is 0.166 e. The maximum Gasteiger partial charge on any atom is 0.166 e. The van der Waals surface area contributed by atoms with Gasteiger partial charge in [-0.15, -0.1) is 0 Å². The summed E-state index contributed by atoms with van der Waals surface area (Å²) in [4.78, 5) is 0. The zero-order valence-corrected chi connectivity index (χ0v) is 15.6. The topological polar surface area (TPSA) is 33.0 Å². The first kappa shape index (κ1) is 19.8. The molecular formula is C22H32FNO. The molecule has 0 spiro atoms. The van der Waals surface area contributed by atoms with E-state index in [9.17, 15) is 4.39 Å². The normalized spacial score (nSPS) is 20.2. The van der Waals surface area contributed by atoms with Crippen LogP contribution in [0.4, 0.5) is 4.39 Å². The fourth-order valence-corrected chi connectivity index (χ4v) is 4.09. The number of hydrogen-bond acceptors (Lipinski definition) is 2. The lowest BCUT2D eigenvalue weighted by Crippen LogP contribution is -2.20. The first-order chi connectivity index (χ1) is 12.2. The molecule has 0 radical (unpaired) electrons. The highest BCUT2D eigenvalue weighted by Crippen LogP contribution is 2.36. The molecule has 0 aromatic heterocycles. The zero-order valence-electron chi connectivity index (χ0n) is 15.6. The molecule has 1 fully saturated rings. The molecule has 138 valence electrons. The van der Waals surface area contributed by atoms with Gasteiger partial charge in [0.1, 0.15) is 0 Å². The van der Waals surface area contributed by atoms with Gasteiger partial charge in [0.2, 0.25) is 0 Å². The van der Waals surface area contributed by atoms with E-state index < -0.39 is 5.82 Å². The van der Waals surface area contributed by atoms with Crippen LogP contribution in [0.5, 0.6) is 5.75 Å². The predicted octanol–water partition coefficient (Wildman–Crippen LogP) is 6.63. The lowest BCUT2D eigenvalue weighted by Gasteiger charge is -2.31. The number of ether oxygens (including phenoxy) is 1. The van der Waals surface area contributed by atoms with Crippen LogP contribution in [0.15, 0.2) is 18.2 Å². The first-order valence-electron chi connectivity index (χ1n) is 10.1. The third-order valence-corrected chi connectivity index (χ3v) is 5.53. The summed E-state index contributed by atoms with van der Waals surface area (Å²) >= 11 is 0. The summed E-state index contributed by atoms with van der Waals surface area (Å²) in [5.74, 6) is 1.53. The van der Waals surface area contributed by atoms with Gasteiger partial charge >= 0.3 is 0 Å². The minimum absolute atomic E-state index is 0.263. The number of rotatable bonds is 10. The monoisotopic (exact) mass is 345 g/mol. The van der Waals surface area contributed by atoms with Crippen LogP contribution in [0.3, 0.4) is 0 Å². The van der Waals surface area contributed by atoms with Crippen molar-refractivity contribution in [2.24, 2.45) is 11.8 Å². The van der Waals surface area contributed by atoms with Crippen molar-refractivity contribution in [1.82, 2.24) is 0 Å². The Bertz CT molecular complexity index is 551. The van der Waals surface area contributed by atoms with E-state index >= 15 is 0 Å². The summed E-state index contributed by atoms with van der Waals surface area (Å²) in [6.07, 6.45) is 14.5. The summed E-state index contributed by atoms with van der Waals surface area (Å²) in [6, 6.07) is 6.34. The number of nitrogens with zero attached hydrogens (tertiary/aromatic N) is 1. The first-order valence-corrected chi connectivity index (χ1v) is 10.1. The van der Waals surface area contributed by atoms with E-state index in [4.69, 9.17) is 10.00 Å². The van der Waals surface area contributed by atoms with Gasteiger partial charge in [-0.05, 0) is 42.9 Å². The van der Waals surface area contributed by atoms with E-state index in [-0.39, 0.29) is 5.75 Å². The van der Waals surface area contributed by atoms with Crippen LogP contribution >= 0.6 is 0 Å². The molecule has 2 unspecified atom stereocenters. The maximum atomic E-state index is 13.8. The van der Waals surface area contributed by atoms with Crippen molar-refractivity contribution < 1.29 is 9.13 Å². The van der Waals surface area contributed by atoms with E-state index in [1.54, 1.807) is 12.1 Å². The minimum Gasteiger partial charge on any atom is -0.491 e. The Morgan fingerprint density at radius 3 is 2.44 bits per heavy atom. The summed E-state index contributed by atoms with van der Waals surface area (Å²) in [5, 5.41) is 8.77. The predicted molar refractivity (Wildman–Crippen MR) is 100 cm³/mol. The van der Waals surface area contributed by atoms with Crippen LogP contribution in [-0.4, -0.2) is 6.61 Å². The van der Waals surface area contributed by atoms with Crippen molar-refractivity contribution in [3.63, 3.8) is 0 Å². The third kappa shape index (κ3) is 6.69. The lowest BCUT2D eigenvalue weighted by atomic mass is 9.74. The van der Waals surface area contributed by atoms with Crippen molar-refractivity contribution in [3.8, 4) is 11.8 Å². The van der Waals surface area contributed by atoms with E-state index in [1.807, 2.05) is 6.07 Å². The number of nitriles is 1. The van der Waals surface area contributed by atoms with Gasteiger partial charge in [0, 0.05) is 0 Å². The third-order valence-electron chi connectivity index (χ3n) is 5.53. The van der Waals surface area contributed by atoms with Crippen LogP contribution in [0.2, 0.25) is 0 Å². The van der Waals surface area contributed by atoms with Gasteiger partial charge in [0.25, 0.3) is 0 Å². The van der Waals surface area contributed by atoms with E-state index in [0.29, 0.717) is 12.2 Å². The number of hydrogen-bond donors (Lipinski definition) is 0. The van der Waals surface area contributed by atoms with E-state index in [1.165, 1.54) is 70.3 Å². The average molecular weight is 346 g/mol. The quantitative estimate of drug-likeness (QED) is 0.446. The second-order valence-corrected chi connectivity index (χ2v) is 7.40. The molecular weight excluding hydrogens is 313 g/mol. The lowest BCUT2D eigenvalue weighted by molar-refractivity contribution is 0.189. The highest BCUT2D eigenvalue weighted by atomic mass is 19.1. The van der Waals surface area contributed by atoms with Crippen molar-refractivity contribution >= 4 is 0 Å². The molecule has 25 heavy (non-hydrogen) atoms. The molecule has 0 bridgehead atoms. The molecule has 0 aliphatic heterocycles. The molecule has 0 N–H and O–H groups in total. The van der Waals surface area contributed by atoms with Gasteiger partial charge in [-0.2, -0.15) is 5.26 Å². The standard InChI is InChI=1S/C22H32FNO/c1-2-3-4-5-9-19-10-6-7-11-20(19)12-8-15-25-22-14-13-18(17-24)16-21(22)23/h13-14,16,19-20H,2-12,15H2,1H3. The molecule has 2 rings (SSSR count). The van der Waals surface area contributed by atoms with Crippen molar-refractivity contribution in [1.29, 1.82) is 5.26 Å². The van der Waals surface area contributed by atoms with Crippen molar-refractivity contribution in [2.75, 3.05) is 6.61 Å². The van der Waals surface area contributed by atoms with Crippen LogP contribution in [0.1, 0.15) is 83.1 Å². The molecule has 1 aliphatic carbocycles. The Balaban J connectivity index is 1.71. The molecule has 1 aliphatic rings. The molecule has 3 heteroatoms. The molecule has 1 aromatic carbocycles. The molecule has 0 saturated heterocycles. The van der Waals surface area contributed by atoms with E-state index in [0.717, 1.165) is 18.3 Å². The second kappa shape index (κ2) is 11.1. The van der Waals surface area contributed by atoms with E-state index in [2.05, 4.69) is 6.92 Å². The van der Waals surface area contributed by atoms with Gasteiger partial charge in [0.05, 0.1) is 18.2 Å². The van der Waals surface area contributed by atoms with Gasteiger partial charge in [0.15, 0.2) is 11.6 Å². The zero-order chi connectivity index (χ0) is 17.9. The molecule has 2 nitrogen and oxygen atoms in total.